The number of carbonyl (C=O) groups excluding carboxylic acids is 1. The van der Waals surface area contributed by atoms with Gasteiger partial charge in [-0.15, -0.1) is 0 Å². The summed E-state index contributed by atoms with van der Waals surface area (Å²) >= 11 is 0. The molecule has 1 saturated heterocycles. The Hall–Kier alpha value is -3.25. The molecule has 4 rings (SSSR count). The predicted octanol–water partition coefficient (Wildman–Crippen LogP) is 6.02. The molecule has 1 unspecified atom stereocenters. The van der Waals surface area contributed by atoms with Crippen molar-refractivity contribution in [3.63, 3.8) is 0 Å². The number of amides is 1. The molecule has 0 radical (unpaired) electrons. The van der Waals surface area contributed by atoms with Gasteiger partial charge in [-0.1, -0.05) is 50.2 Å². The van der Waals surface area contributed by atoms with Crippen LogP contribution in [0.25, 0.3) is 10.8 Å². The number of benzene rings is 3. The first kappa shape index (κ1) is 27.3. The molecule has 0 bridgehead atoms. The second-order valence-corrected chi connectivity index (χ2v) is 8.89. The summed E-state index contributed by atoms with van der Waals surface area (Å²) in [6, 6.07) is 18.7. The zero-order valence-electron chi connectivity index (χ0n) is 22.5. The molecule has 1 fully saturated rings. The van der Waals surface area contributed by atoms with Gasteiger partial charge in [0, 0.05) is 24.7 Å². The second-order valence-electron chi connectivity index (χ2n) is 8.89. The number of likely N-dealkylation sites (tertiary alicyclic amines) is 1. The third-order valence-corrected chi connectivity index (χ3v) is 6.79. The third kappa shape index (κ3) is 6.30. The fourth-order valence-electron chi connectivity index (χ4n) is 4.85. The van der Waals surface area contributed by atoms with Crippen LogP contribution in [0, 0.1) is 0 Å². The molecule has 1 amide bonds. The maximum Gasteiger partial charge on any atom is 0.254 e. The minimum Gasteiger partial charge on any atom is -0.493 e. The van der Waals surface area contributed by atoms with E-state index in [0.29, 0.717) is 41.9 Å². The molecule has 1 aliphatic heterocycles. The largest absolute Gasteiger partial charge is 0.493 e. The van der Waals surface area contributed by atoms with Crippen LogP contribution in [0.1, 0.15) is 49.0 Å². The van der Waals surface area contributed by atoms with Crippen molar-refractivity contribution in [3.8, 4) is 17.2 Å². The molecule has 1 aliphatic rings. The average molecular weight is 493 g/mol. The highest BCUT2D eigenvalue weighted by molar-refractivity contribution is 5.95. The topological polar surface area (TPSA) is 51.2 Å². The Labute approximate surface area is 215 Å². The number of methoxy groups -OCH3 is 3. The standard InChI is InChI=1S/C28H34N2O4.C2H6/c1-29-14-7-10-24(29)13-15-30(19-20-11-12-21-8-5-6-9-22(21)16-20)28(31)23-17-25(32-2)27(34-4)26(18-23)33-3;1-2/h5-6,8-9,11-12,16-18,24H,7,10,13-15,19H2,1-4H3;1-2H3. The second kappa shape index (κ2) is 13.2. The lowest BCUT2D eigenvalue weighted by molar-refractivity contribution is 0.0728. The van der Waals surface area contributed by atoms with E-state index in [4.69, 9.17) is 14.2 Å². The fourth-order valence-corrected chi connectivity index (χ4v) is 4.85. The van der Waals surface area contributed by atoms with Crippen LogP contribution in [0.2, 0.25) is 0 Å². The molecule has 0 saturated carbocycles. The monoisotopic (exact) mass is 492 g/mol. The van der Waals surface area contributed by atoms with Gasteiger partial charge in [0.05, 0.1) is 21.3 Å². The Balaban J connectivity index is 0.00000176. The van der Waals surface area contributed by atoms with Gasteiger partial charge in [0.1, 0.15) is 0 Å². The van der Waals surface area contributed by atoms with E-state index in [2.05, 4.69) is 42.3 Å². The Kier molecular flexibility index (Phi) is 10.00. The molecule has 0 aromatic heterocycles. The number of nitrogens with zero attached hydrogens (tertiary/aromatic N) is 2. The quantitative estimate of drug-likeness (QED) is 0.366. The van der Waals surface area contributed by atoms with Crippen molar-refractivity contribution in [2.24, 2.45) is 0 Å². The Morgan fingerprint density at radius 3 is 2.19 bits per heavy atom. The minimum atomic E-state index is -0.0481. The fraction of sp³-hybridized carbons (Fsp3) is 0.433. The van der Waals surface area contributed by atoms with Crippen LogP contribution in [-0.2, 0) is 6.54 Å². The molecule has 6 nitrogen and oxygen atoms in total. The van der Waals surface area contributed by atoms with Crippen LogP contribution in [-0.4, -0.2) is 63.2 Å². The van der Waals surface area contributed by atoms with Crippen molar-refractivity contribution in [3.05, 3.63) is 65.7 Å². The van der Waals surface area contributed by atoms with Crippen molar-refractivity contribution >= 4 is 16.7 Å². The highest BCUT2D eigenvalue weighted by Gasteiger charge is 2.25. The number of hydrogen-bond donors (Lipinski definition) is 0. The molecule has 3 aromatic carbocycles. The Bertz CT molecular complexity index is 1120. The summed E-state index contributed by atoms with van der Waals surface area (Å²) < 4.78 is 16.4. The van der Waals surface area contributed by atoms with E-state index in [1.165, 1.54) is 23.6 Å². The van der Waals surface area contributed by atoms with Crippen molar-refractivity contribution in [1.82, 2.24) is 9.80 Å². The molecule has 6 heteroatoms. The summed E-state index contributed by atoms with van der Waals surface area (Å²) in [5, 5.41) is 2.37. The smallest absolute Gasteiger partial charge is 0.254 e. The molecule has 0 aliphatic carbocycles. The van der Waals surface area contributed by atoms with Crippen molar-refractivity contribution in [1.29, 1.82) is 0 Å². The lowest BCUT2D eigenvalue weighted by atomic mass is 10.1. The van der Waals surface area contributed by atoms with Crippen LogP contribution in [0.4, 0.5) is 0 Å². The number of fused-ring (bicyclic) bond motifs is 1. The molecule has 3 aromatic rings. The van der Waals surface area contributed by atoms with E-state index < -0.39 is 0 Å². The molecule has 1 atom stereocenters. The first-order chi connectivity index (χ1) is 17.5. The highest BCUT2D eigenvalue weighted by atomic mass is 16.5. The summed E-state index contributed by atoms with van der Waals surface area (Å²) in [6.07, 6.45) is 3.34. The number of hydrogen-bond acceptors (Lipinski definition) is 5. The van der Waals surface area contributed by atoms with Crippen LogP contribution in [0.3, 0.4) is 0 Å². The third-order valence-electron chi connectivity index (χ3n) is 6.79. The number of ether oxygens (including phenoxy) is 3. The maximum atomic E-state index is 13.8. The van der Waals surface area contributed by atoms with Gasteiger partial charge in [0.15, 0.2) is 11.5 Å². The predicted molar refractivity (Wildman–Crippen MR) is 146 cm³/mol. The van der Waals surface area contributed by atoms with Crippen molar-refractivity contribution < 1.29 is 19.0 Å². The van der Waals surface area contributed by atoms with Crippen LogP contribution in [0.15, 0.2) is 54.6 Å². The zero-order valence-corrected chi connectivity index (χ0v) is 22.5. The molecular weight excluding hydrogens is 452 g/mol. The lowest BCUT2D eigenvalue weighted by Gasteiger charge is -2.27. The van der Waals surface area contributed by atoms with E-state index in [-0.39, 0.29) is 5.91 Å². The van der Waals surface area contributed by atoms with E-state index in [0.717, 1.165) is 18.5 Å². The molecule has 36 heavy (non-hydrogen) atoms. The van der Waals surface area contributed by atoms with Gasteiger partial charge in [-0.3, -0.25) is 4.79 Å². The van der Waals surface area contributed by atoms with Gasteiger partial charge in [-0.05, 0) is 67.4 Å². The van der Waals surface area contributed by atoms with E-state index in [1.54, 1.807) is 33.5 Å². The lowest BCUT2D eigenvalue weighted by Crippen LogP contribution is -2.35. The average Bonchev–Trinajstić information content (AvgIpc) is 3.35. The van der Waals surface area contributed by atoms with Crippen LogP contribution >= 0.6 is 0 Å². The normalized spacial score (nSPS) is 15.2. The summed E-state index contributed by atoms with van der Waals surface area (Å²) in [5.74, 6) is 1.39. The minimum absolute atomic E-state index is 0.0481. The molecule has 194 valence electrons. The van der Waals surface area contributed by atoms with Gasteiger partial charge in [-0.25, -0.2) is 0 Å². The van der Waals surface area contributed by atoms with E-state index >= 15 is 0 Å². The van der Waals surface area contributed by atoms with Gasteiger partial charge in [-0.2, -0.15) is 0 Å². The zero-order chi connectivity index (χ0) is 26.1. The van der Waals surface area contributed by atoms with Gasteiger partial charge in [0.2, 0.25) is 5.75 Å². The molecular formula is C30H40N2O4. The van der Waals surface area contributed by atoms with Crippen molar-refractivity contribution in [2.75, 3.05) is 41.5 Å². The highest BCUT2D eigenvalue weighted by Crippen LogP contribution is 2.38. The van der Waals surface area contributed by atoms with Crippen LogP contribution < -0.4 is 14.2 Å². The van der Waals surface area contributed by atoms with Crippen LogP contribution in [0.5, 0.6) is 17.2 Å². The summed E-state index contributed by atoms with van der Waals surface area (Å²) in [5.41, 5.74) is 1.63. The summed E-state index contributed by atoms with van der Waals surface area (Å²) in [6.45, 7) is 6.34. The summed E-state index contributed by atoms with van der Waals surface area (Å²) in [7, 11) is 6.86. The first-order valence-electron chi connectivity index (χ1n) is 12.8. The Morgan fingerprint density at radius 2 is 1.61 bits per heavy atom. The number of rotatable bonds is 9. The maximum absolute atomic E-state index is 13.8. The number of carbonyl (C=O) groups is 1. The van der Waals surface area contributed by atoms with Crippen molar-refractivity contribution in [2.45, 2.75) is 45.7 Å². The molecule has 1 heterocycles. The van der Waals surface area contributed by atoms with E-state index in [9.17, 15) is 4.79 Å². The van der Waals surface area contributed by atoms with E-state index in [1.807, 2.05) is 30.9 Å². The van der Waals surface area contributed by atoms with Gasteiger partial charge < -0.3 is 24.0 Å². The van der Waals surface area contributed by atoms with Gasteiger partial charge in [0.25, 0.3) is 5.91 Å². The molecule has 0 spiro atoms. The Morgan fingerprint density at radius 1 is 0.944 bits per heavy atom. The first-order valence-corrected chi connectivity index (χ1v) is 12.8. The summed E-state index contributed by atoms with van der Waals surface area (Å²) in [4.78, 5) is 18.1. The van der Waals surface area contributed by atoms with Gasteiger partial charge >= 0.3 is 0 Å². The SMILES string of the molecule is CC.COc1cc(C(=O)N(CCC2CCCN2C)Cc2ccc3ccccc3c2)cc(OC)c1OC. The molecule has 0 N–H and O–H groups in total.